The Balaban J connectivity index is 2.45. The Hall–Kier alpha value is -1.24. The van der Waals surface area contributed by atoms with E-state index >= 15 is 0 Å². The highest BCUT2D eigenvalue weighted by atomic mass is 79.9. The molecule has 0 aromatic heterocycles. The number of nitrogens with zero attached hydrogens (tertiary/aromatic N) is 1. The van der Waals surface area contributed by atoms with E-state index in [0.717, 1.165) is 4.47 Å². The van der Waals surface area contributed by atoms with Crippen LogP contribution < -0.4 is 9.04 Å². The number of rotatable bonds is 5. The summed E-state index contributed by atoms with van der Waals surface area (Å²) in [6, 6.07) is 11.3. The molecule has 0 spiro atoms. The third kappa shape index (κ3) is 3.39. The molecule has 0 bridgehead atoms. The van der Waals surface area contributed by atoms with Crippen LogP contribution in [-0.4, -0.2) is 22.1 Å². The third-order valence-corrected chi connectivity index (χ3v) is 6.28. The van der Waals surface area contributed by atoms with Crippen LogP contribution in [0.2, 0.25) is 5.02 Å². The van der Waals surface area contributed by atoms with Crippen molar-refractivity contribution in [2.75, 3.05) is 18.0 Å². The van der Waals surface area contributed by atoms with E-state index in [-0.39, 0.29) is 4.90 Å². The van der Waals surface area contributed by atoms with Gasteiger partial charge in [-0.3, -0.25) is 4.31 Å². The van der Waals surface area contributed by atoms with Crippen molar-refractivity contribution in [2.45, 2.75) is 11.8 Å². The molecule has 0 unspecified atom stereocenters. The Morgan fingerprint density at radius 2 is 1.82 bits per heavy atom. The monoisotopic (exact) mass is 403 g/mol. The van der Waals surface area contributed by atoms with Crippen molar-refractivity contribution in [1.29, 1.82) is 0 Å². The second-order valence-electron chi connectivity index (χ2n) is 4.44. The summed E-state index contributed by atoms with van der Waals surface area (Å²) in [4.78, 5) is 0.203. The summed E-state index contributed by atoms with van der Waals surface area (Å²) in [5.74, 6) is 0.605. The van der Waals surface area contributed by atoms with Gasteiger partial charge in [0.1, 0.15) is 5.75 Å². The molecule has 2 aromatic rings. The van der Waals surface area contributed by atoms with Crippen molar-refractivity contribution in [3.8, 4) is 5.75 Å². The van der Waals surface area contributed by atoms with Gasteiger partial charge in [0.25, 0.3) is 10.0 Å². The van der Waals surface area contributed by atoms with Gasteiger partial charge in [-0.15, -0.1) is 0 Å². The van der Waals surface area contributed by atoms with Crippen molar-refractivity contribution >= 4 is 43.2 Å². The molecule has 0 radical (unpaired) electrons. The van der Waals surface area contributed by atoms with E-state index in [0.29, 0.717) is 23.0 Å². The quantitative estimate of drug-likeness (QED) is 0.745. The van der Waals surface area contributed by atoms with Crippen LogP contribution in [-0.2, 0) is 10.0 Å². The minimum absolute atomic E-state index is 0.203. The Morgan fingerprint density at radius 3 is 2.32 bits per heavy atom. The molecule has 0 aliphatic heterocycles. The zero-order valence-electron chi connectivity index (χ0n) is 12.1. The molecule has 0 aliphatic rings. The smallest absolute Gasteiger partial charge is 0.264 e. The van der Waals surface area contributed by atoms with Crippen LogP contribution in [0.1, 0.15) is 6.92 Å². The second kappa shape index (κ2) is 6.89. The first-order valence-electron chi connectivity index (χ1n) is 6.52. The van der Waals surface area contributed by atoms with Crippen LogP contribution in [0.25, 0.3) is 0 Å². The summed E-state index contributed by atoms with van der Waals surface area (Å²) in [5, 5.41) is 0.459. The largest absolute Gasteiger partial charge is 0.497 e. The van der Waals surface area contributed by atoms with E-state index in [2.05, 4.69) is 15.9 Å². The van der Waals surface area contributed by atoms with Crippen LogP contribution in [0.5, 0.6) is 5.75 Å². The summed E-state index contributed by atoms with van der Waals surface area (Å²) >= 11 is 9.36. The summed E-state index contributed by atoms with van der Waals surface area (Å²) in [7, 11) is -2.12. The number of hydrogen-bond donors (Lipinski definition) is 0. The number of benzene rings is 2. The van der Waals surface area contributed by atoms with Gasteiger partial charge in [-0.25, -0.2) is 8.42 Å². The predicted octanol–water partition coefficient (Wildman–Crippen LogP) is 4.33. The molecule has 2 aromatic carbocycles. The van der Waals surface area contributed by atoms with E-state index < -0.39 is 10.0 Å². The lowest BCUT2D eigenvalue weighted by atomic mass is 10.3. The number of halogens is 2. The summed E-state index contributed by atoms with van der Waals surface area (Å²) < 4.78 is 32.7. The summed E-state index contributed by atoms with van der Waals surface area (Å²) in [6.07, 6.45) is 0. The van der Waals surface area contributed by atoms with E-state index in [4.69, 9.17) is 16.3 Å². The lowest BCUT2D eigenvalue weighted by Crippen LogP contribution is -2.30. The van der Waals surface area contributed by atoms with Crippen molar-refractivity contribution in [3.05, 3.63) is 52.0 Å². The fourth-order valence-corrected chi connectivity index (χ4v) is 3.89. The molecule has 7 heteroatoms. The fourth-order valence-electron chi connectivity index (χ4n) is 2.01. The molecule has 0 saturated heterocycles. The minimum atomic E-state index is -3.65. The Bertz CT molecular complexity index is 763. The normalized spacial score (nSPS) is 11.3. The van der Waals surface area contributed by atoms with Crippen LogP contribution in [0.3, 0.4) is 0 Å². The number of anilines is 1. The van der Waals surface area contributed by atoms with Crippen molar-refractivity contribution < 1.29 is 13.2 Å². The number of methoxy groups -OCH3 is 1. The lowest BCUT2D eigenvalue weighted by molar-refractivity contribution is 0.414. The van der Waals surface area contributed by atoms with Gasteiger partial charge in [-0.2, -0.15) is 0 Å². The molecule has 0 aliphatic carbocycles. The van der Waals surface area contributed by atoms with Crippen LogP contribution in [0, 0.1) is 0 Å². The van der Waals surface area contributed by atoms with Gasteiger partial charge in [0.15, 0.2) is 0 Å². The van der Waals surface area contributed by atoms with Crippen LogP contribution in [0.4, 0.5) is 5.69 Å². The molecule has 0 heterocycles. The predicted molar refractivity (Wildman–Crippen MR) is 92.4 cm³/mol. The Labute approximate surface area is 143 Å². The lowest BCUT2D eigenvalue weighted by Gasteiger charge is -2.23. The molecule has 118 valence electrons. The van der Waals surface area contributed by atoms with Gasteiger partial charge in [0.2, 0.25) is 0 Å². The molecule has 2 rings (SSSR count). The molecular weight excluding hydrogens is 390 g/mol. The first-order valence-corrected chi connectivity index (χ1v) is 9.13. The number of ether oxygens (including phenoxy) is 1. The first-order chi connectivity index (χ1) is 10.4. The van der Waals surface area contributed by atoms with Crippen molar-refractivity contribution in [3.63, 3.8) is 0 Å². The standard InChI is InChI=1S/C15H15BrClNO3S/c1-3-18(11-4-9-14(16)15(17)10-11)22(19,20)13-7-5-12(21-2)6-8-13/h4-10H,3H2,1-2H3. The maximum absolute atomic E-state index is 12.8. The number of hydrogen-bond acceptors (Lipinski definition) is 3. The fraction of sp³-hybridized carbons (Fsp3) is 0.200. The molecule has 22 heavy (non-hydrogen) atoms. The first kappa shape index (κ1) is 17.1. The third-order valence-electron chi connectivity index (χ3n) is 3.13. The molecule has 0 atom stereocenters. The van der Waals surface area contributed by atoms with Gasteiger partial charge in [-0.1, -0.05) is 11.6 Å². The minimum Gasteiger partial charge on any atom is -0.497 e. The van der Waals surface area contributed by atoms with E-state index in [1.54, 1.807) is 37.3 Å². The summed E-state index contributed by atoms with van der Waals surface area (Å²) in [5.41, 5.74) is 0.520. The molecule has 0 fully saturated rings. The average Bonchev–Trinajstić information content (AvgIpc) is 2.51. The number of sulfonamides is 1. The zero-order chi connectivity index (χ0) is 16.3. The maximum atomic E-state index is 12.8. The Morgan fingerprint density at radius 1 is 1.18 bits per heavy atom. The molecule has 0 saturated carbocycles. The highest BCUT2D eigenvalue weighted by Gasteiger charge is 2.24. The average molecular weight is 405 g/mol. The van der Waals surface area contributed by atoms with Crippen LogP contribution in [0.15, 0.2) is 51.8 Å². The SMILES string of the molecule is CCN(c1ccc(Br)c(Cl)c1)S(=O)(=O)c1ccc(OC)cc1. The molecule has 0 N–H and O–H groups in total. The van der Waals surface area contributed by atoms with Gasteiger partial charge in [0, 0.05) is 11.0 Å². The molecular formula is C15H15BrClNO3S. The van der Waals surface area contributed by atoms with E-state index in [1.807, 2.05) is 0 Å². The van der Waals surface area contributed by atoms with Gasteiger partial charge < -0.3 is 4.74 Å². The highest BCUT2D eigenvalue weighted by molar-refractivity contribution is 9.10. The van der Waals surface area contributed by atoms with E-state index in [9.17, 15) is 8.42 Å². The van der Waals surface area contributed by atoms with Gasteiger partial charge in [-0.05, 0) is 65.3 Å². The Kier molecular flexibility index (Phi) is 5.36. The van der Waals surface area contributed by atoms with Crippen molar-refractivity contribution in [1.82, 2.24) is 0 Å². The van der Waals surface area contributed by atoms with Gasteiger partial charge in [0.05, 0.1) is 22.7 Å². The molecule has 0 amide bonds. The zero-order valence-corrected chi connectivity index (χ0v) is 15.2. The highest BCUT2D eigenvalue weighted by Crippen LogP contribution is 2.30. The maximum Gasteiger partial charge on any atom is 0.264 e. The molecule has 4 nitrogen and oxygen atoms in total. The van der Waals surface area contributed by atoms with E-state index in [1.165, 1.54) is 23.5 Å². The van der Waals surface area contributed by atoms with Gasteiger partial charge >= 0.3 is 0 Å². The van der Waals surface area contributed by atoms with Crippen molar-refractivity contribution in [2.24, 2.45) is 0 Å². The topological polar surface area (TPSA) is 46.6 Å². The second-order valence-corrected chi connectivity index (χ2v) is 7.57. The van der Waals surface area contributed by atoms with Crippen LogP contribution >= 0.6 is 27.5 Å². The summed E-state index contributed by atoms with van der Waals surface area (Å²) in [6.45, 7) is 2.07.